The van der Waals surface area contributed by atoms with Crippen LogP contribution in [-0.2, 0) is 19.1 Å². The molecule has 144 valence electrons. The van der Waals surface area contributed by atoms with E-state index in [0.717, 1.165) is 22.3 Å². The molecule has 3 rings (SSSR count). The number of ether oxygens (including phenoxy) is 2. The molecule has 2 aromatic rings. The van der Waals surface area contributed by atoms with Gasteiger partial charge in [-0.2, -0.15) is 0 Å². The number of hydrogen-bond donors (Lipinski definition) is 0. The second-order valence-corrected chi connectivity index (χ2v) is 7.23. The highest BCUT2D eigenvalue weighted by Gasteiger charge is 2.38. The number of rotatable bonds is 4. The monoisotopic (exact) mass is 376 g/mol. The van der Waals surface area contributed by atoms with Gasteiger partial charge in [0.2, 0.25) is 11.6 Å². The van der Waals surface area contributed by atoms with Gasteiger partial charge in [0, 0.05) is 0 Å². The maximum atomic E-state index is 13.4. The van der Waals surface area contributed by atoms with E-state index in [1.807, 2.05) is 64.1 Å². The quantitative estimate of drug-likeness (QED) is 0.738. The van der Waals surface area contributed by atoms with Crippen LogP contribution in [0.3, 0.4) is 0 Å². The fraction of sp³-hybridized carbons (Fsp3) is 0.250. The van der Waals surface area contributed by atoms with E-state index in [1.54, 1.807) is 0 Å². The Morgan fingerprint density at radius 1 is 0.536 bits per heavy atom. The lowest BCUT2D eigenvalue weighted by atomic mass is 9.84. The zero-order valence-electron chi connectivity index (χ0n) is 17.1. The molecule has 1 aliphatic rings. The fourth-order valence-corrected chi connectivity index (χ4v) is 3.81. The predicted octanol–water partition coefficient (Wildman–Crippen LogP) is 4.49. The van der Waals surface area contributed by atoms with Crippen LogP contribution in [0.1, 0.15) is 33.4 Å². The summed E-state index contributed by atoms with van der Waals surface area (Å²) in [5, 5.41) is 0. The van der Waals surface area contributed by atoms with Crippen LogP contribution < -0.4 is 0 Å². The van der Waals surface area contributed by atoms with E-state index >= 15 is 0 Å². The molecule has 0 aliphatic heterocycles. The lowest BCUT2D eigenvalue weighted by Crippen LogP contribution is -2.25. The number of hydrogen-bond acceptors (Lipinski definition) is 4. The van der Waals surface area contributed by atoms with Gasteiger partial charge in [-0.05, 0) is 38.8 Å². The molecule has 4 nitrogen and oxygen atoms in total. The molecule has 1 aliphatic carbocycles. The summed E-state index contributed by atoms with van der Waals surface area (Å²) in [5.74, 6) is -0.605. The van der Waals surface area contributed by atoms with E-state index in [1.165, 1.54) is 14.2 Å². The third-order valence-corrected chi connectivity index (χ3v) is 4.75. The van der Waals surface area contributed by atoms with E-state index in [2.05, 4.69) is 0 Å². The van der Waals surface area contributed by atoms with Crippen molar-refractivity contribution in [3.63, 3.8) is 0 Å². The molecular weight excluding hydrogens is 352 g/mol. The summed E-state index contributed by atoms with van der Waals surface area (Å²) in [4.78, 5) is 26.8. The third-order valence-electron chi connectivity index (χ3n) is 4.75. The van der Waals surface area contributed by atoms with Crippen molar-refractivity contribution in [3.05, 3.63) is 81.3 Å². The van der Waals surface area contributed by atoms with Crippen molar-refractivity contribution < 1.29 is 19.1 Å². The number of carbonyl (C=O) groups is 2. The molecular formula is C24H24O4. The third kappa shape index (κ3) is 3.38. The molecule has 0 heterocycles. The summed E-state index contributed by atoms with van der Waals surface area (Å²) >= 11 is 0. The first kappa shape index (κ1) is 19.6. The number of aryl methyl sites for hydroxylation is 4. The van der Waals surface area contributed by atoms with Crippen molar-refractivity contribution in [1.82, 2.24) is 0 Å². The van der Waals surface area contributed by atoms with Gasteiger partial charge in [-0.3, -0.25) is 9.59 Å². The van der Waals surface area contributed by atoms with Gasteiger partial charge in [0.1, 0.15) is 0 Å². The maximum Gasteiger partial charge on any atom is 0.232 e. The number of methoxy groups -OCH3 is 2. The van der Waals surface area contributed by atoms with Gasteiger partial charge in [0.05, 0.1) is 25.4 Å². The highest BCUT2D eigenvalue weighted by atomic mass is 16.5. The first-order valence-electron chi connectivity index (χ1n) is 9.10. The van der Waals surface area contributed by atoms with Gasteiger partial charge in [0.25, 0.3) is 0 Å². The number of ketones is 2. The molecule has 4 heteroatoms. The fourth-order valence-electron chi connectivity index (χ4n) is 3.81. The summed E-state index contributed by atoms with van der Waals surface area (Å²) in [6.07, 6.45) is 0. The van der Waals surface area contributed by atoms with Crippen LogP contribution in [0.25, 0.3) is 11.1 Å². The Balaban J connectivity index is 2.27. The molecule has 0 saturated carbocycles. The average Bonchev–Trinajstić information content (AvgIpc) is 2.60. The van der Waals surface area contributed by atoms with Gasteiger partial charge in [-0.25, -0.2) is 0 Å². The average molecular weight is 376 g/mol. The topological polar surface area (TPSA) is 52.6 Å². The van der Waals surface area contributed by atoms with E-state index in [4.69, 9.17) is 9.47 Å². The summed E-state index contributed by atoms with van der Waals surface area (Å²) < 4.78 is 10.9. The summed E-state index contributed by atoms with van der Waals surface area (Å²) in [5.41, 5.74) is 5.79. The lowest BCUT2D eigenvalue weighted by Gasteiger charge is -2.23. The summed E-state index contributed by atoms with van der Waals surface area (Å²) in [6.45, 7) is 7.80. The number of benzene rings is 2. The molecule has 0 radical (unpaired) electrons. The van der Waals surface area contributed by atoms with Gasteiger partial charge in [0.15, 0.2) is 11.5 Å². The largest absolute Gasteiger partial charge is 0.492 e. The molecule has 28 heavy (non-hydrogen) atoms. The Morgan fingerprint density at radius 2 is 0.821 bits per heavy atom. The minimum Gasteiger partial charge on any atom is -0.492 e. The van der Waals surface area contributed by atoms with E-state index in [-0.39, 0.29) is 34.2 Å². The van der Waals surface area contributed by atoms with Crippen molar-refractivity contribution >= 4 is 22.7 Å². The van der Waals surface area contributed by atoms with Crippen molar-refractivity contribution in [2.75, 3.05) is 14.2 Å². The Kier molecular flexibility index (Phi) is 5.23. The predicted molar refractivity (Wildman–Crippen MR) is 110 cm³/mol. The van der Waals surface area contributed by atoms with E-state index < -0.39 is 0 Å². The molecule has 0 spiro atoms. The highest BCUT2D eigenvalue weighted by molar-refractivity contribution is 6.46. The van der Waals surface area contributed by atoms with Gasteiger partial charge < -0.3 is 9.47 Å². The van der Waals surface area contributed by atoms with Crippen LogP contribution in [0.4, 0.5) is 0 Å². The molecule has 0 aromatic heterocycles. The van der Waals surface area contributed by atoms with Crippen molar-refractivity contribution in [3.8, 4) is 0 Å². The molecule has 0 N–H and O–H groups in total. The van der Waals surface area contributed by atoms with E-state index in [0.29, 0.717) is 11.1 Å². The van der Waals surface area contributed by atoms with Crippen LogP contribution in [0.2, 0.25) is 0 Å². The number of Topliss-reactive ketones (excluding diaryl/α,β-unsaturated/α-hetero) is 2. The molecule has 0 saturated heterocycles. The summed E-state index contributed by atoms with van der Waals surface area (Å²) in [7, 11) is 2.83. The smallest absolute Gasteiger partial charge is 0.232 e. The van der Waals surface area contributed by atoms with Crippen molar-refractivity contribution in [1.29, 1.82) is 0 Å². The molecule has 0 bridgehead atoms. The Hall–Kier alpha value is -3.14. The minimum absolute atomic E-state index is 0.0463. The minimum atomic E-state index is -0.349. The Bertz CT molecular complexity index is 928. The van der Waals surface area contributed by atoms with Gasteiger partial charge in [-0.1, -0.05) is 58.7 Å². The first-order chi connectivity index (χ1) is 13.3. The standard InChI is InChI=1S/C24H24O4/c1-13-7-14(2)10-17(9-13)19-21(25)24(28-6)20(22(26)23(19)27-5)18-11-15(3)8-16(4)12-18/h7-12H,1-6H3. The molecule has 0 fully saturated rings. The van der Waals surface area contributed by atoms with Gasteiger partial charge >= 0.3 is 0 Å². The van der Waals surface area contributed by atoms with Crippen molar-refractivity contribution in [2.45, 2.75) is 27.7 Å². The molecule has 0 unspecified atom stereocenters. The normalized spacial score (nSPS) is 14.6. The van der Waals surface area contributed by atoms with Gasteiger partial charge in [-0.15, -0.1) is 0 Å². The number of carbonyl (C=O) groups excluding carboxylic acids is 2. The first-order valence-corrected chi connectivity index (χ1v) is 9.10. The second-order valence-electron chi connectivity index (χ2n) is 7.23. The zero-order valence-corrected chi connectivity index (χ0v) is 17.1. The van der Waals surface area contributed by atoms with Crippen LogP contribution >= 0.6 is 0 Å². The lowest BCUT2D eigenvalue weighted by molar-refractivity contribution is -0.117. The SMILES string of the molecule is COC1=C(c2cc(C)cc(C)c2)C(=O)C(OC)=C(c2cc(C)cc(C)c2)C1=O. The molecule has 2 aromatic carbocycles. The van der Waals surface area contributed by atoms with Crippen LogP contribution in [0.15, 0.2) is 47.9 Å². The van der Waals surface area contributed by atoms with E-state index in [9.17, 15) is 9.59 Å². The molecule has 0 atom stereocenters. The maximum absolute atomic E-state index is 13.4. The van der Waals surface area contributed by atoms with Crippen molar-refractivity contribution in [2.24, 2.45) is 0 Å². The Labute approximate surface area is 165 Å². The Morgan fingerprint density at radius 3 is 1.07 bits per heavy atom. The van der Waals surface area contributed by atoms with Crippen LogP contribution in [0, 0.1) is 27.7 Å². The second kappa shape index (κ2) is 7.47. The highest BCUT2D eigenvalue weighted by Crippen LogP contribution is 2.37. The zero-order chi connectivity index (χ0) is 20.6. The molecule has 0 amide bonds. The summed E-state index contributed by atoms with van der Waals surface area (Å²) in [6, 6.07) is 11.5. The number of allylic oxidation sites excluding steroid dienone is 2. The van der Waals surface area contributed by atoms with Crippen LogP contribution in [0.5, 0.6) is 0 Å². The van der Waals surface area contributed by atoms with Crippen LogP contribution in [-0.4, -0.2) is 25.8 Å².